The highest BCUT2D eigenvalue weighted by atomic mass is 32.2. The first kappa shape index (κ1) is 20.5. The maximum absolute atomic E-state index is 13.1. The summed E-state index contributed by atoms with van der Waals surface area (Å²) in [5, 5.41) is 6.71. The molecule has 0 fully saturated rings. The summed E-state index contributed by atoms with van der Waals surface area (Å²) < 4.78 is 67.4. The van der Waals surface area contributed by atoms with Crippen molar-refractivity contribution in [1.82, 2.24) is 14.9 Å². The van der Waals surface area contributed by atoms with Crippen LogP contribution in [0.3, 0.4) is 0 Å². The van der Waals surface area contributed by atoms with Crippen molar-refractivity contribution in [2.24, 2.45) is 0 Å². The highest BCUT2D eigenvalue weighted by molar-refractivity contribution is 7.90. The van der Waals surface area contributed by atoms with Gasteiger partial charge in [-0.25, -0.2) is 25.9 Å². The molecule has 2 aromatic rings. The number of hydrogen-bond donors (Lipinski definition) is 1. The van der Waals surface area contributed by atoms with Gasteiger partial charge in [0.15, 0.2) is 0 Å². The molecule has 0 aliphatic carbocycles. The zero-order valence-corrected chi connectivity index (χ0v) is 16.0. The second-order valence-electron chi connectivity index (χ2n) is 5.85. The van der Waals surface area contributed by atoms with Crippen LogP contribution in [0.4, 0.5) is 4.39 Å². The Hall–Kier alpha value is -1.85. The Balaban J connectivity index is 1.76. The third-order valence-electron chi connectivity index (χ3n) is 3.55. The van der Waals surface area contributed by atoms with Crippen LogP contribution in [0.1, 0.15) is 30.7 Å². The van der Waals surface area contributed by atoms with E-state index in [0.717, 1.165) is 12.3 Å². The lowest BCUT2D eigenvalue weighted by atomic mass is 10.2. The highest BCUT2D eigenvalue weighted by Crippen LogP contribution is 2.16. The second-order valence-corrected chi connectivity index (χ2v) is 9.48. The van der Waals surface area contributed by atoms with E-state index in [2.05, 4.69) is 14.9 Å². The molecule has 1 heterocycles. The second kappa shape index (κ2) is 8.23. The number of rotatable bonds is 9. The molecule has 0 saturated heterocycles. The van der Waals surface area contributed by atoms with Crippen LogP contribution in [0.15, 0.2) is 32.7 Å². The molecule has 144 valence electrons. The van der Waals surface area contributed by atoms with E-state index < -0.39 is 30.9 Å². The van der Waals surface area contributed by atoms with Gasteiger partial charge in [0.1, 0.15) is 5.82 Å². The monoisotopic (exact) mass is 405 g/mol. The molecule has 2 rings (SSSR count). The minimum absolute atomic E-state index is 0.0538. The number of halogens is 1. The third-order valence-corrected chi connectivity index (χ3v) is 5.97. The number of sulfonamides is 1. The van der Waals surface area contributed by atoms with E-state index in [-0.39, 0.29) is 17.3 Å². The summed E-state index contributed by atoms with van der Waals surface area (Å²) in [4.78, 5) is 0.0538. The fraction of sp³-hybridized carbons (Fsp3) is 0.467. The fourth-order valence-electron chi connectivity index (χ4n) is 2.27. The van der Waals surface area contributed by atoms with Crippen molar-refractivity contribution in [2.45, 2.75) is 42.7 Å². The van der Waals surface area contributed by atoms with Crippen molar-refractivity contribution in [3.63, 3.8) is 0 Å². The van der Waals surface area contributed by atoms with E-state index in [9.17, 15) is 21.2 Å². The molecular weight excluding hydrogens is 385 g/mol. The van der Waals surface area contributed by atoms with Crippen LogP contribution in [0.2, 0.25) is 0 Å². The van der Waals surface area contributed by atoms with Crippen LogP contribution in [0, 0.1) is 12.7 Å². The molecule has 1 aromatic heterocycles. The number of unbranched alkanes of at least 4 members (excludes halogenated alkanes) is 2. The van der Waals surface area contributed by atoms with Gasteiger partial charge >= 0.3 is 5.22 Å². The molecule has 11 heteroatoms. The summed E-state index contributed by atoms with van der Waals surface area (Å²) >= 11 is 0. The molecule has 1 N–H and O–H groups in total. The van der Waals surface area contributed by atoms with Gasteiger partial charge in [-0.05, 0) is 43.5 Å². The van der Waals surface area contributed by atoms with Crippen molar-refractivity contribution in [3.05, 3.63) is 35.5 Å². The Morgan fingerprint density at radius 3 is 2.46 bits per heavy atom. The van der Waals surface area contributed by atoms with Gasteiger partial charge in [-0.2, -0.15) is 0 Å². The SMILES string of the molecule is Cc1cc(F)ccc1S(=O)(=O)NCCCCCc1nnc(S(C)(=O)=O)o1. The van der Waals surface area contributed by atoms with Crippen LogP contribution in [0.5, 0.6) is 0 Å². The first-order chi connectivity index (χ1) is 12.1. The predicted molar refractivity (Wildman–Crippen MR) is 91.3 cm³/mol. The van der Waals surface area contributed by atoms with Crippen molar-refractivity contribution >= 4 is 19.9 Å². The van der Waals surface area contributed by atoms with Crippen LogP contribution in [-0.2, 0) is 26.3 Å². The Labute approximate surface area is 151 Å². The number of benzene rings is 1. The number of hydrogen-bond acceptors (Lipinski definition) is 7. The van der Waals surface area contributed by atoms with Crippen LogP contribution >= 0.6 is 0 Å². The summed E-state index contributed by atoms with van der Waals surface area (Å²) in [6.07, 6.45) is 3.29. The lowest BCUT2D eigenvalue weighted by Crippen LogP contribution is -2.25. The minimum Gasteiger partial charge on any atom is -0.413 e. The maximum atomic E-state index is 13.1. The van der Waals surface area contributed by atoms with E-state index in [1.165, 1.54) is 19.1 Å². The van der Waals surface area contributed by atoms with Gasteiger partial charge in [0.25, 0.3) is 0 Å². The summed E-state index contributed by atoms with van der Waals surface area (Å²) in [5.41, 5.74) is 0.343. The van der Waals surface area contributed by atoms with Crippen LogP contribution < -0.4 is 4.72 Å². The molecule has 26 heavy (non-hydrogen) atoms. The van der Waals surface area contributed by atoms with Gasteiger partial charge in [-0.15, -0.1) is 5.10 Å². The van der Waals surface area contributed by atoms with Crippen molar-refractivity contribution in [1.29, 1.82) is 0 Å². The lowest BCUT2D eigenvalue weighted by Gasteiger charge is -2.09. The predicted octanol–water partition coefficient (Wildman–Crippen LogP) is 1.61. The fourth-order valence-corrected chi connectivity index (χ4v) is 4.00. The summed E-state index contributed by atoms with van der Waals surface area (Å²) in [5.74, 6) is -0.255. The van der Waals surface area contributed by atoms with Gasteiger partial charge in [-0.3, -0.25) is 0 Å². The molecule has 1 aromatic carbocycles. The number of aromatic nitrogens is 2. The van der Waals surface area contributed by atoms with Gasteiger partial charge in [0.05, 0.1) is 4.90 Å². The lowest BCUT2D eigenvalue weighted by molar-refractivity contribution is 0.392. The Kier molecular flexibility index (Phi) is 6.48. The normalized spacial score (nSPS) is 12.4. The Morgan fingerprint density at radius 2 is 1.85 bits per heavy atom. The minimum atomic E-state index is -3.68. The molecule has 0 spiro atoms. The number of sulfone groups is 1. The van der Waals surface area contributed by atoms with Gasteiger partial charge < -0.3 is 4.42 Å². The summed E-state index contributed by atoms with van der Waals surface area (Å²) in [6.45, 7) is 1.77. The van der Waals surface area contributed by atoms with Crippen LogP contribution in [-0.4, -0.2) is 39.8 Å². The zero-order valence-electron chi connectivity index (χ0n) is 14.4. The molecule has 0 saturated carbocycles. The van der Waals surface area contributed by atoms with E-state index in [1.54, 1.807) is 0 Å². The molecule has 0 bridgehead atoms. The Bertz CT molecular complexity index is 971. The molecule has 0 aliphatic heterocycles. The van der Waals surface area contributed by atoms with E-state index in [1.807, 2.05) is 0 Å². The molecule has 8 nitrogen and oxygen atoms in total. The van der Waals surface area contributed by atoms with Gasteiger partial charge in [-0.1, -0.05) is 11.5 Å². The van der Waals surface area contributed by atoms with Crippen molar-refractivity contribution < 1.29 is 25.6 Å². The zero-order chi connectivity index (χ0) is 19.4. The molecule has 0 radical (unpaired) electrons. The first-order valence-corrected chi connectivity index (χ1v) is 11.3. The highest BCUT2D eigenvalue weighted by Gasteiger charge is 2.17. The van der Waals surface area contributed by atoms with E-state index in [4.69, 9.17) is 4.42 Å². The molecule has 0 unspecified atom stereocenters. The molecular formula is C15H20FN3O5S2. The number of aryl methyl sites for hydroxylation is 2. The summed E-state index contributed by atoms with van der Waals surface area (Å²) in [6, 6.07) is 3.52. The maximum Gasteiger partial charge on any atom is 0.335 e. The molecule has 0 aliphatic rings. The topological polar surface area (TPSA) is 119 Å². The van der Waals surface area contributed by atoms with E-state index >= 15 is 0 Å². The molecule has 0 amide bonds. The van der Waals surface area contributed by atoms with Crippen molar-refractivity contribution in [2.75, 3.05) is 12.8 Å². The van der Waals surface area contributed by atoms with Crippen LogP contribution in [0.25, 0.3) is 0 Å². The number of nitrogens with zero attached hydrogens (tertiary/aromatic N) is 2. The quantitative estimate of drug-likeness (QED) is 0.629. The van der Waals surface area contributed by atoms with E-state index in [0.29, 0.717) is 31.2 Å². The largest absolute Gasteiger partial charge is 0.413 e. The van der Waals surface area contributed by atoms with Gasteiger partial charge in [0.2, 0.25) is 25.8 Å². The number of nitrogens with one attached hydrogen (secondary N) is 1. The van der Waals surface area contributed by atoms with Gasteiger partial charge in [0, 0.05) is 19.2 Å². The molecule has 0 atom stereocenters. The standard InChI is InChI=1S/C15H20FN3O5S2/c1-11-10-12(16)7-8-13(11)26(22,23)17-9-5-3-4-6-14-18-19-15(24-14)25(2,20)21/h7-8,10,17H,3-6,9H2,1-2H3. The Morgan fingerprint density at radius 1 is 1.12 bits per heavy atom. The average Bonchev–Trinajstić information content (AvgIpc) is 2.99. The smallest absolute Gasteiger partial charge is 0.335 e. The van der Waals surface area contributed by atoms with Crippen molar-refractivity contribution in [3.8, 4) is 0 Å². The first-order valence-electron chi connectivity index (χ1n) is 7.88. The average molecular weight is 405 g/mol. The third kappa shape index (κ3) is 5.58. The summed E-state index contributed by atoms with van der Waals surface area (Å²) in [7, 11) is -7.19.